The van der Waals surface area contributed by atoms with Gasteiger partial charge in [0, 0.05) is 23.5 Å². The van der Waals surface area contributed by atoms with E-state index in [9.17, 15) is 0 Å². The number of rotatable bonds is 2. The van der Waals surface area contributed by atoms with E-state index in [1.54, 1.807) is 24.5 Å². The Labute approximate surface area is 74.8 Å². The fraction of sp³-hybridized carbons (Fsp3) is 0.111. The lowest BCUT2D eigenvalue weighted by atomic mass is 10.1. The van der Waals surface area contributed by atoms with Gasteiger partial charge in [-0.25, -0.2) is 0 Å². The normalized spacial score (nSPS) is 10.2. The summed E-state index contributed by atoms with van der Waals surface area (Å²) in [5.74, 6) is 0.602. The maximum atomic E-state index is 8.95. The lowest BCUT2D eigenvalue weighted by Gasteiger charge is -1.96. The molecular formula is C9H8N2O2. The lowest BCUT2D eigenvalue weighted by molar-refractivity contribution is 0.281. The van der Waals surface area contributed by atoms with E-state index in [4.69, 9.17) is 9.63 Å². The first-order valence-electron chi connectivity index (χ1n) is 3.86. The number of aliphatic hydroxyl groups excluding tert-OH is 1. The third kappa shape index (κ3) is 1.43. The van der Waals surface area contributed by atoms with Gasteiger partial charge < -0.3 is 9.63 Å². The van der Waals surface area contributed by atoms with Crippen molar-refractivity contribution in [3.05, 3.63) is 36.3 Å². The summed E-state index contributed by atoms with van der Waals surface area (Å²) in [6.07, 6.45) is 4.84. The van der Waals surface area contributed by atoms with E-state index in [2.05, 4.69) is 10.1 Å². The topological polar surface area (TPSA) is 59.2 Å². The minimum Gasteiger partial charge on any atom is -0.391 e. The third-order valence-electron chi connectivity index (χ3n) is 1.76. The van der Waals surface area contributed by atoms with Gasteiger partial charge in [0.05, 0.1) is 12.8 Å². The largest absolute Gasteiger partial charge is 0.391 e. The van der Waals surface area contributed by atoms with Crippen LogP contribution in [0.25, 0.3) is 11.3 Å². The molecule has 1 N–H and O–H groups in total. The molecule has 4 heteroatoms. The summed E-state index contributed by atoms with van der Waals surface area (Å²) in [7, 11) is 0. The standard InChI is InChI=1S/C9H8N2O2/c12-6-8-5-11-13-9(8)7-1-3-10-4-2-7/h1-5,12H,6H2. The van der Waals surface area contributed by atoms with Crippen LogP contribution in [0, 0.1) is 0 Å². The van der Waals surface area contributed by atoms with Gasteiger partial charge in [0.1, 0.15) is 0 Å². The maximum absolute atomic E-state index is 8.95. The molecule has 2 rings (SSSR count). The van der Waals surface area contributed by atoms with Crippen LogP contribution in [0.4, 0.5) is 0 Å². The number of nitrogens with zero attached hydrogens (tertiary/aromatic N) is 2. The highest BCUT2D eigenvalue weighted by atomic mass is 16.5. The molecule has 0 aromatic carbocycles. The summed E-state index contributed by atoms with van der Waals surface area (Å²) in [6.45, 7) is -0.0683. The molecule has 0 saturated carbocycles. The molecule has 0 aliphatic rings. The van der Waals surface area contributed by atoms with Gasteiger partial charge in [0.2, 0.25) is 0 Å². The molecule has 0 saturated heterocycles. The van der Waals surface area contributed by atoms with E-state index in [-0.39, 0.29) is 6.61 Å². The van der Waals surface area contributed by atoms with Crippen LogP contribution >= 0.6 is 0 Å². The summed E-state index contributed by atoms with van der Waals surface area (Å²) in [4.78, 5) is 3.89. The van der Waals surface area contributed by atoms with Crippen LogP contribution in [0.1, 0.15) is 5.56 Å². The number of pyridine rings is 1. The molecule has 2 aromatic heterocycles. The zero-order chi connectivity index (χ0) is 9.10. The molecule has 0 spiro atoms. The highest BCUT2D eigenvalue weighted by Crippen LogP contribution is 2.22. The van der Waals surface area contributed by atoms with Crippen LogP contribution in [0.15, 0.2) is 35.2 Å². The quantitative estimate of drug-likeness (QED) is 0.747. The second kappa shape index (κ2) is 3.37. The van der Waals surface area contributed by atoms with Crippen molar-refractivity contribution in [1.82, 2.24) is 10.1 Å². The molecule has 4 nitrogen and oxygen atoms in total. The van der Waals surface area contributed by atoms with Crippen LogP contribution < -0.4 is 0 Å². The Morgan fingerprint density at radius 1 is 1.31 bits per heavy atom. The first-order valence-corrected chi connectivity index (χ1v) is 3.86. The van der Waals surface area contributed by atoms with Crippen molar-refractivity contribution in [3.63, 3.8) is 0 Å². The molecule has 0 unspecified atom stereocenters. The predicted molar refractivity (Wildman–Crippen MR) is 45.7 cm³/mol. The van der Waals surface area contributed by atoms with Gasteiger partial charge in [-0.05, 0) is 12.1 Å². The number of hydrogen-bond donors (Lipinski definition) is 1. The lowest BCUT2D eigenvalue weighted by Crippen LogP contribution is -1.83. The van der Waals surface area contributed by atoms with E-state index in [0.717, 1.165) is 5.56 Å². The maximum Gasteiger partial charge on any atom is 0.172 e. The van der Waals surface area contributed by atoms with Crippen molar-refractivity contribution in [1.29, 1.82) is 0 Å². The molecule has 2 heterocycles. The molecule has 0 bridgehead atoms. The Balaban J connectivity index is 2.47. The molecule has 0 aliphatic carbocycles. The van der Waals surface area contributed by atoms with Crippen molar-refractivity contribution < 1.29 is 9.63 Å². The minimum atomic E-state index is -0.0683. The van der Waals surface area contributed by atoms with Gasteiger partial charge in [-0.15, -0.1) is 0 Å². The third-order valence-corrected chi connectivity index (χ3v) is 1.76. The van der Waals surface area contributed by atoms with E-state index in [1.165, 1.54) is 6.20 Å². The van der Waals surface area contributed by atoms with Crippen LogP contribution in [0.3, 0.4) is 0 Å². The van der Waals surface area contributed by atoms with Crippen molar-refractivity contribution in [2.45, 2.75) is 6.61 Å². The Hall–Kier alpha value is -1.68. The van der Waals surface area contributed by atoms with Crippen molar-refractivity contribution in [3.8, 4) is 11.3 Å². The van der Waals surface area contributed by atoms with Crippen molar-refractivity contribution in [2.24, 2.45) is 0 Å². The van der Waals surface area contributed by atoms with Gasteiger partial charge in [-0.2, -0.15) is 0 Å². The van der Waals surface area contributed by atoms with E-state index in [0.29, 0.717) is 11.3 Å². The number of aromatic nitrogens is 2. The van der Waals surface area contributed by atoms with Crippen molar-refractivity contribution >= 4 is 0 Å². The molecule has 13 heavy (non-hydrogen) atoms. The molecule has 0 amide bonds. The van der Waals surface area contributed by atoms with Crippen LogP contribution in [-0.4, -0.2) is 15.2 Å². The molecule has 0 aliphatic heterocycles. The smallest absolute Gasteiger partial charge is 0.172 e. The fourth-order valence-electron chi connectivity index (χ4n) is 1.11. The van der Waals surface area contributed by atoms with Crippen LogP contribution in [0.2, 0.25) is 0 Å². The monoisotopic (exact) mass is 176 g/mol. The summed E-state index contributed by atoms with van der Waals surface area (Å²) < 4.78 is 5.00. The minimum absolute atomic E-state index is 0.0683. The summed E-state index contributed by atoms with van der Waals surface area (Å²) in [5, 5.41) is 12.6. The van der Waals surface area contributed by atoms with Crippen LogP contribution in [0.5, 0.6) is 0 Å². The van der Waals surface area contributed by atoms with Crippen LogP contribution in [-0.2, 0) is 6.61 Å². The SMILES string of the molecule is OCc1cnoc1-c1ccncc1. The molecule has 0 fully saturated rings. The highest BCUT2D eigenvalue weighted by molar-refractivity contribution is 5.59. The number of aliphatic hydroxyl groups is 1. The van der Waals surface area contributed by atoms with Gasteiger partial charge in [0.25, 0.3) is 0 Å². The predicted octanol–water partition coefficient (Wildman–Crippen LogP) is 1.23. The Bertz CT molecular complexity index is 384. The zero-order valence-corrected chi connectivity index (χ0v) is 6.84. The Morgan fingerprint density at radius 2 is 2.08 bits per heavy atom. The van der Waals surface area contributed by atoms with E-state index >= 15 is 0 Å². The summed E-state index contributed by atoms with van der Waals surface area (Å²) in [5.41, 5.74) is 1.56. The first-order chi connectivity index (χ1) is 6.42. The van der Waals surface area contributed by atoms with E-state index < -0.39 is 0 Å². The summed E-state index contributed by atoms with van der Waals surface area (Å²) in [6, 6.07) is 3.61. The van der Waals surface area contributed by atoms with Gasteiger partial charge in [-0.1, -0.05) is 5.16 Å². The van der Waals surface area contributed by atoms with Gasteiger partial charge in [0.15, 0.2) is 5.76 Å². The molecular weight excluding hydrogens is 168 g/mol. The molecule has 2 aromatic rings. The second-order valence-corrected chi connectivity index (χ2v) is 2.57. The average Bonchev–Trinajstić information content (AvgIpc) is 2.67. The second-order valence-electron chi connectivity index (χ2n) is 2.57. The van der Waals surface area contributed by atoms with Gasteiger partial charge in [-0.3, -0.25) is 4.98 Å². The Morgan fingerprint density at radius 3 is 2.77 bits per heavy atom. The molecule has 66 valence electrons. The summed E-state index contributed by atoms with van der Waals surface area (Å²) >= 11 is 0. The van der Waals surface area contributed by atoms with Gasteiger partial charge >= 0.3 is 0 Å². The zero-order valence-electron chi connectivity index (χ0n) is 6.84. The first kappa shape index (κ1) is 7.94. The number of hydrogen-bond acceptors (Lipinski definition) is 4. The molecule has 0 radical (unpaired) electrons. The average molecular weight is 176 g/mol. The van der Waals surface area contributed by atoms with Crippen molar-refractivity contribution in [2.75, 3.05) is 0 Å². The fourth-order valence-corrected chi connectivity index (χ4v) is 1.11. The van der Waals surface area contributed by atoms with E-state index in [1.807, 2.05) is 0 Å². The Kier molecular flexibility index (Phi) is 2.06. The molecule has 0 atom stereocenters. The highest BCUT2D eigenvalue weighted by Gasteiger charge is 2.08.